The minimum Gasteiger partial charge on any atom is -0.468 e. The largest absolute Gasteiger partial charge is 0.468 e. The molecule has 0 aromatic heterocycles. The quantitative estimate of drug-likeness (QED) is 0.793. The third-order valence-corrected chi connectivity index (χ3v) is 2.69. The first kappa shape index (κ1) is 14.6. The molecule has 1 atom stereocenters. The van der Waals surface area contributed by atoms with Gasteiger partial charge in [0.15, 0.2) is 0 Å². The van der Waals surface area contributed by atoms with Gasteiger partial charge >= 0.3 is 5.97 Å². The van der Waals surface area contributed by atoms with E-state index in [4.69, 9.17) is 0 Å². The molecule has 5 heteroatoms. The highest BCUT2D eigenvalue weighted by Crippen LogP contribution is 2.10. The van der Waals surface area contributed by atoms with Crippen LogP contribution in [0.2, 0.25) is 0 Å². The highest BCUT2D eigenvalue weighted by Gasteiger charge is 2.15. The number of benzene rings is 1. The van der Waals surface area contributed by atoms with E-state index in [0.717, 1.165) is 18.2 Å². The van der Waals surface area contributed by atoms with E-state index in [-0.39, 0.29) is 5.97 Å². The minimum atomic E-state index is -0.466. The van der Waals surface area contributed by atoms with Gasteiger partial charge in [-0.25, -0.2) is 8.78 Å². The van der Waals surface area contributed by atoms with Gasteiger partial charge in [0.05, 0.1) is 7.11 Å². The van der Waals surface area contributed by atoms with Crippen LogP contribution in [-0.4, -0.2) is 25.7 Å². The van der Waals surface area contributed by atoms with E-state index in [1.54, 1.807) is 0 Å². The molecule has 0 aliphatic heterocycles. The van der Waals surface area contributed by atoms with Crippen molar-refractivity contribution >= 4 is 5.97 Å². The maximum absolute atomic E-state index is 13.3. The van der Waals surface area contributed by atoms with Crippen molar-refractivity contribution in [3.63, 3.8) is 0 Å². The van der Waals surface area contributed by atoms with Crippen LogP contribution in [0.1, 0.15) is 18.9 Å². The molecule has 0 fully saturated rings. The first-order chi connectivity index (χ1) is 8.58. The van der Waals surface area contributed by atoms with E-state index in [0.29, 0.717) is 24.9 Å². The Morgan fingerprint density at radius 1 is 1.44 bits per heavy atom. The maximum atomic E-state index is 13.3. The summed E-state index contributed by atoms with van der Waals surface area (Å²) in [5, 5.41) is 2.95. The Labute approximate surface area is 105 Å². The number of nitrogens with one attached hydrogen (secondary N) is 1. The normalized spacial score (nSPS) is 12.2. The van der Waals surface area contributed by atoms with E-state index in [2.05, 4.69) is 10.1 Å². The van der Waals surface area contributed by atoms with Crippen LogP contribution in [0.4, 0.5) is 8.78 Å². The number of carbonyl (C=O) groups excluding carboxylic acids is 1. The first-order valence-corrected chi connectivity index (χ1v) is 5.83. The Bertz CT molecular complexity index is 410. The summed E-state index contributed by atoms with van der Waals surface area (Å²) in [6.07, 6.45) is 0.898. The molecule has 1 rings (SSSR count). The number of methoxy groups -OCH3 is 1. The van der Waals surface area contributed by atoms with Crippen molar-refractivity contribution in [2.24, 2.45) is 0 Å². The fraction of sp³-hybridized carbons (Fsp3) is 0.462. The highest BCUT2D eigenvalue weighted by molar-refractivity contribution is 5.75. The van der Waals surface area contributed by atoms with Gasteiger partial charge in [0.2, 0.25) is 0 Å². The van der Waals surface area contributed by atoms with Gasteiger partial charge in [-0.15, -0.1) is 0 Å². The molecule has 0 saturated heterocycles. The smallest absolute Gasteiger partial charge is 0.322 e. The molecule has 0 aliphatic carbocycles. The summed E-state index contributed by atoms with van der Waals surface area (Å²) < 4.78 is 30.8. The molecule has 0 saturated carbocycles. The molecule has 18 heavy (non-hydrogen) atoms. The summed E-state index contributed by atoms with van der Waals surface area (Å²) in [7, 11) is 1.32. The van der Waals surface area contributed by atoms with Gasteiger partial charge in [-0.2, -0.15) is 0 Å². The van der Waals surface area contributed by atoms with Gasteiger partial charge < -0.3 is 10.1 Å². The van der Waals surface area contributed by atoms with E-state index in [1.807, 2.05) is 6.92 Å². The third kappa shape index (κ3) is 4.07. The molecular weight excluding hydrogens is 240 g/mol. The lowest BCUT2D eigenvalue weighted by Gasteiger charge is -2.14. The van der Waals surface area contributed by atoms with E-state index < -0.39 is 17.7 Å². The Kier molecular flexibility index (Phi) is 5.71. The van der Waals surface area contributed by atoms with Crippen LogP contribution in [0.5, 0.6) is 0 Å². The molecule has 0 bridgehead atoms. The van der Waals surface area contributed by atoms with Gasteiger partial charge in [0.25, 0.3) is 0 Å². The second-order valence-electron chi connectivity index (χ2n) is 3.92. The standard InChI is InChI=1S/C13H17F2NO2/c1-3-12(13(17)18-2)16-7-6-9-8-10(14)4-5-11(9)15/h4-5,8,12,16H,3,6-7H2,1-2H3/t12-/m0/s1. The second-order valence-corrected chi connectivity index (χ2v) is 3.92. The van der Waals surface area contributed by atoms with Gasteiger partial charge in [0.1, 0.15) is 17.7 Å². The zero-order chi connectivity index (χ0) is 13.5. The number of hydrogen-bond acceptors (Lipinski definition) is 3. The highest BCUT2D eigenvalue weighted by atomic mass is 19.1. The van der Waals surface area contributed by atoms with Crippen LogP contribution in [0, 0.1) is 11.6 Å². The van der Waals surface area contributed by atoms with Crippen LogP contribution < -0.4 is 5.32 Å². The molecule has 0 unspecified atom stereocenters. The average molecular weight is 257 g/mol. The Morgan fingerprint density at radius 2 is 2.17 bits per heavy atom. The average Bonchev–Trinajstić information content (AvgIpc) is 2.37. The number of halogens is 2. The van der Waals surface area contributed by atoms with Crippen molar-refractivity contribution in [3.05, 3.63) is 35.4 Å². The van der Waals surface area contributed by atoms with Crippen molar-refractivity contribution in [2.75, 3.05) is 13.7 Å². The van der Waals surface area contributed by atoms with Crippen LogP contribution in [0.25, 0.3) is 0 Å². The number of ether oxygens (including phenoxy) is 1. The molecule has 0 heterocycles. The topological polar surface area (TPSA) is 38.3 Å². The first-order valence-electron chi connectivity index (χ1n) is 5.83. The SMILES string of the molecule is CC[C@H](NCCc1cc(F)ccc1F)C(=O)OC. The zero-order valence-electron chi connectivity index (χ0n) is 10.5. The van der Waals surface area contributed by atoms with Crippen molar-refractivity contribution in [3.8, 4) is 0 Å². The van der Waals surface area contributed by atoms with Crippen molar-refractivity contribution in [1.82, 2.24) is 5.32 Å². The lowest BCUT2D eigenvalue weighted by atomic mass is 10.1. The molecule has 0 amide bonds. The minimum absolute atomic E-state index is 0.294. The predicted octanol–water partition coefficient (Wildman–Crippen LogP) is 2.05. The van der Waals surface area contributed by atoms with Gasteiger partial charge in [-0.05, 0) is 36.6 Å². The zero-order valence-corrected chi connectivity index (χ0v) is 10.5. The molecule has 0 radical (unpaired) electrons. The third-order valence-electron chi connectivity index (χ3n) is 2.69. The summed E-state index contributed by atoms with van der Waals surface area (Å²) in [4.78, 5) is 11.3. The number of rotatable bonds is 6. The van der Waals surface area contributed by atoms with Crippen LogP contribution >= 0.6 is 0 Å². The molecule has 0 aliphatic rings. The van der Waals surface area contributed by atoms with Crippen molar-refractivity contribution in [2.45, 2.75) is 25.8 Å². The van der Waals surface area contributed by atoms with Gasteiger partial charge in [-0.3, -0.25) is 4.79 Å². The Balaban J connectivity index is 2.50. The van der Waals surface area contributed by atoms with E-state index >= 15 is 0 Å². The fourth-order valence-electron chi connectivity index (χ4n) is 1.65. The fourth-order valence-corrected chi connectivity index (χ4v) is 1.65. The number of esters is 1. The van der Waals surface area contributed by atoms with Gasteiger partial charge in [0, 0.05) is 6.54 Å². The molecule has 0 spiro atoms. The van der Waals surface area contributed by atoms with Crippen molar-refractivity contribution in [1.29, 1.82) is 0 Å². The van der Waals surface area contributed by atoms with Crippen LogP contribution in [-0.2, 0) is 16.0 Å². The lowest BCUT2D eigenvalue weighted by Crippen LogP contribution is -2.38. The summed E-state index contributed by atoms with van der Waals surface area (Å²) in [5.74, 6) is -1.26. The Hall–Kier alpha value is -1.49. The summed E-state index contributed by atoms with van der Waals surface area (Å²) in [6.45, 7) is 2.23. The molecule has 1 aromatic carbocycles. The summed E-state index contributed by atoms with van der Waals surface area (Å²) in [6, 6.07) is 2.93. The van der Waals surface area contributed by atoms with Crippen LogP contribution in [0.3, 0.4) is 0 Å². The van der Waals surface area contributed by atoms with Crippen molar-refractivity contribution < 1.29 is 18.3 Å². The predicted molar refractivity (Wildman–Crippen MR) is 64.2 cm³/mol. The summed E-state index contributed by atoms with van der Waals surface area (Å²) in [5.41, 5.74) is 0.294. The summed E-state index contributed by atoms with van der Waals surface area (Å²) >= 11 is 0. The van der Waals surface area contributed by atoms with Gasteiger partial charge in [-0.1, -0.05) is 6.92 Å². The second kappa shape index (κ2) is 7.06. The number of carbonyl (C=O) groups is 1. The Morgan fingerprint density at radius 3 is 2.78 bits per heavy atom. The molecule has 1 N–H and O–H groups in total. The maximum Gasteiger partial charge on any atom is 0.322 e. The van der Waals surface area contributed by atoms with E-state index in [9.17, 15) is 13.6 Å². The molecule has 3 nitrogen and oxygen atoms in total. The monoisotopic (exact) mass is 257 g/mol. The van der Waals surface area contributed by atoms with Crippen LogP contribution in [0.15, 0.2) is 18.2 Å². The number of hydrogen-bond donors (Lipinski definition) is 1. The molecule has 1 aromatic rings. The molecule has 100 valence electrons. The lowest BCUT2D eigenvalue weighted by molar-refractivity contribution is -0.143. The van der Waals surface area contributed by atoms with E-state index in [1.165, 1.54) is 7.11 Å². The molecular formula is C13H17F2NO2.